The van der Waals surface area contributed by atoms with E-state index in [2.05, 4.69) is 12.8 Å². The first-order chi connectivity index (χ1) is 5.70. The van der Waals surface area contributed by atoms with Gasteiger partial charge in [0.2, 0.25) is 0 Å². The number of carbonyl (C=O) groups excluding carboxylic acids is 1. The second-order valence-electron chi connectivity index (χ2n) is 3.42. The maximum Gasteiger partial charge on any atom is 0.324 e. The van der Waals surface area contributed by atoms with Gasteiger partial charge in [0.05, 0.1) is 0 Å². The van der Waals surface area contributed by atoms with Crippen LogP contribution in [0.15, 0.2) is 0 Å². The molecule has 2 N–H and O–H groups in total. The Kier molecular flexibility index (Phi) is 3.72. The number of carbonyl (C=O) groups is 1. The molecular formula is C8H16N2OS. The molecule has 0 radical (unpaired) electrons. The van der Waals surface area contributed by atoms with Crippen molar-refractivity contribution in [2.24, 2.45) is 11.7 Å². The van der Waals surface area contributed by atoms with Gasteiger partial charge in [0.15, 0.2) is 0 Å². The van der Waals surface area contributed by atoms with Gasteiger partial charge in [0.1, 0.15) is 0 Å². The molecule has 1 fully saturated rings. The predicted octanol–water partition coefficient (Wildman–Crippen LogP) is 1.79. The van der Waals surface area contributed by atoms with Crippen molar-refractivity contribution in [3.8, 4) is 0 Å². The van der Waals surface area contributed by atoms with Gasteiger partial charge in [-0.05, 0) is 18.8 Å². The van der Waals surface area contributed by atoms with Crippen molar-refractivity contribution in [1.82, 2.24) is 4.31 Å². The molecule has 0 bridgehead atoms. The number of nitrogens with zero attached hydrogens (tertiary/aromatic N) is 1. The number of nitrogens with two attached hydrogens (primary N) is 1. The molecule has 1 aliphatic carbocycles. The highest BCUT2D eigenvalue weighted by Crippen LogP contribution is 2.24. The van der Waals surface area contributed by atoms with Crippen LogP contribution < -0.4 is 5.73 Å². The quantitative estimate of drug-likeness (QED) is 0.638. The lowest BCUT2D eigenvalue weighted by molar-refractivity contribution is 0.225. The van der Waals surface area contributed by atoms with E-state index in [0.29, 0.717) is 12.5 Å². The summed E-state index contributed by atoms with van der Waals surface area (Å²) in [7, 11) is 0. The summed E-state index contributed by atoms with van der Waals surface area (Å²) < 4.78 is 1.32. The predicted molar refractivity (Wildman–Crippen MR) is 51.9 cm³/mol. The lowest BCUT2D eigenvalue weighted by Gasteiger charge is -2.24. The van der Waals surface area contributed by atoms with E-state index in [1.54, 1.807) is 0 Å². The third-order valence-electron chi connectivity index (χ3n) is 2.41. The maximum absolute atomic E-state index is 10.6. The molecule has 0 aromatic heterocycles. The summed E-state index contributed by atoms with van der Waals surface area (Å²) in [6, 6.07) is -0.441. The summed E-state index contributed by atoms with van der Waals surface area (Å²) in [5, 5.41) is 0. The SMILES string of the molecule is NC(=O)N(S)CC1CCCCC1. The minimum atomic E-state index is -0.441. The Labute approximate surface area is 78.8 Å². The average molecular weight is 188 g/mol. The van der Waals surface area contributed by atoms with Crippen molar-refractivity contribution in [3.05, 3.63) is 0 Å². The number of rotatable bonds is 2. The van der Waals surface area contributed by atoms with Crippen LogP contribution in [0, 0.1) is 5.92 Å². The van der Waals surface area contributed by atoms with E-state index >= 15 is 0 Å². The third kappa shape index (κ3) is 2.93. The van der Waals surface area contributed by atoms with Gasteiger partial charge in [-0.2, -0.15) is 0 Å². The summed E-state index contributed by atoms with van der Waals surface area (Å²) in [6.45, 7) is 0.707. The Morgan fingerprint density at radius 3 is 2.50 bits per heavy atom. The van der Waals surface area contributed by atoms with Crippen molar-refractivity contribution >= 4 is 18.8 Å². The molecule has 0 atom stereocenters. The van der Waals surface area contributed by atoms with Gasteiger partial charge in [-0.3, -0.25) is 4.31 Å². The van der Waals surface area contributed by atoms with E-state index in [4.69, 9.17) is 5.73 Å². The molecule has 2 amide bonds. The smallest absolute Gasteiger partial charge is 0.324 e. The van der Waals surface area contributed by atoms with Crippen molar-refractivity contribution in [2.45, 2.75) is 32.1 Å². The second-order valence-corrected chi connectivity index (χ2v) is 3.91. The van der Waals surface area contributed by atoms with Crippen LogP contribution in [0.5, 0.6) is 0 Å². The Hall–Kier alpha value is -0.380. The van der Waals surface area contributed by atoms with Gasteiger partial charge in [0.25, 0.3) is 0 Å². The summed E-state index contributed by atoms with van der Waals surface area (Å²) in [6.07, 6.45) is 6.32. The molecule has 0 heterocycles. The molecule has 0 unspecified atom stereocenters. The highest BCUT2D eigenvalue weighted by Gasteiger charge is 2.16. The number of primary amides is 1. The Bertz CT molecular complexity index is 157. The van der Waals surface area contributed by atoms with Gasteiger partial charge in [-0.15, -0.1) is 0 Å². The lowest BCUT2D eigenvalue weighted by atomic mass is 9.89. The monoisotopic (exact) mass is 188 g/mol. The Morgan fingerprint density at radius 1 is 1.42 bits per heavy atom. The van der Waals surface area contributed by atoms with Crippen molar-refractivity contribution < 1.29 is 4.79 Å². The van der Waals surface area contributed by atoms with Crippen molar-refractivity contribution in [3.63, 3.8) is 0 Å². The van der Waals surface area contributed by atoms with E-state index < -0.39 is 6.03 Å². The second kappa shape index (κ2) is 4.60. The molecule has 70 valence electrons. The van der Waals surface area contributed by atoms with E-state index in [0.717, 1.165) is 0 Å². The molecule has 0 spiro atoms. The molecule has 1 aliphatic rings. The van der Waals surface area contributed by atoms with E-state index in [1.165, 1.54) is 36.4 Å². The van der Waals surface area contributed by atoms with Gasteiger partial charge in [-0.1, -0.05) is 32.1 Å². The molecule has 0 aromatic rings. The number of urea groups is 1. The average Bonchev–Trinajstić information content (AvgIpc) is 2.06. The summed E-state index contributed by atoms with van der Waals surface area (Å²) in [5.74, 6) is 0.615. The highest BCUT2D eigenvalue weighted by atomic mass is 32.1. The van der Waals surface area contributed by atoms with Gasteiger partial charge in [0, 0.05) is 6.54 Å². The van der Waals surface area contributed by atoms with E-state index in [-0.39, 0.29) is 0 Å². The minimum absolute atomic E-state index is 0.441. The van der Waals surface area contributed by atoms with Crippen LogP contribution in [0.2, 0.25) is 0 Å². The summed E-state index contributed by atoms with van der Waals surface area (Å²) >= 11 is 3.99. The molecule has 3 nitrogen and oxygen atoms in total. The molecule has 1 rings (SSSR count). The molecule has 12 heavy (non-hydrogen) atoms. The third-order valence-corrected chi connectivity index (χ3v) is 2.77. The highest BCUT2D eigenvalue weighted by molar-refractivity contribution is 7.78. The topological polar surface area (TPSA) is 46.3 Å². The van der Waals surface area contributed by atoms with Crippen LogP contribution in [0.1, 0.15) is 32.1 Å². The van der Waals surface area contributed by atoms with Crippen LogP contribution in [0.25, 0.3) is 0 Å². The number of hydrogen-bond donors (Lipinski definition) is 2. The summed E-state index contributed by atoms with van der Waals surface area (Å²) in [5.41, 5.74) is 5.06. The number of thiol groups is 1. The molecule has 0 aromatic carbocycles. The standard InChI is InChI=1S/C8H16N2OS/c9-8(11)10(12)6-7-4-2-1-3-5-7/h7,12H,1-6H2,(H2,9,11). The first-order valence-electron chi connectivity index (χ1n) is 4.46. The number of hydrogen-bond acceptors (Lipinski definition) is 2. The zero-order chi connectivity index (χ0) is 8.97. The fourth-order valence-electron chi connectivity index (χ4n) is 1.70. The zero-order valence-electron chi connectivity index (χ0n) is 7.20. The molecule has 4 heteroatoms. The van der Waals surface area contributed by atoms with E-state index in [1.807, 2.05) is 0 Å². The minimum Gasteiger partial charge on any atom is -0.351 e. The first-order valence-corrected chi connectivity index (χ1v) is 4.86. The fourth-order valence-corrected chi connectivity index (χ4v) is 1.94. The van der Waals surface area contributed by atoms with Crippen molar-refractivity contribution in [1.29, 1.82) is 0 Å². The molecule has 1 saturated carbocycles. The van der Waals surface area contributed by atoms with Crippen LogP contribution in [0.4, 0.5) is 4.79 Å². The normalized spacial score (nSPS) is 19.1. The lowest BCUT2D eigenvalue weighted by Crippen LogP contribution is -2.32. The summed E-state index contributed by atoms with van der Waals surface area (Å²) in [4.78, 5) is 10.6. The van der Waals surface area contributed by atoms with Crippen LogP contribution in [-0.2, 0) is 0 Å². The molecular weight excluding hydrogens is 172 g/mol. The first kappa shape index (κ1) is 9.71. The zero-order valence-corrected chi connectivity index (χ0v) is 8.09. The van der Waals surface area contributed by atoms with E-state index in [9.17, 15) is 4.79 Å². The number of amides is 2. The molecule has 0 saturated heterocycles. The fraction of sp³-hybridized carbons (Fsp3) is 0.875. The van der Waals surface area contributed by atoms with Gasteiger partial charge >= 0.3 is 6.03 Å². The van der Waals surface area contributed by atoms with Crippen LogP contribution in [0.3, 0.4) is 0 Å². The largest absolute Gasteiger partial charge is 0.351 e. The Morgan fingerprint density at radius 2 is 2.00 bits per heavy atom. The van der Waals surface area contributed by atoms with Crippen LogP contribution in [-0.4, -0.2) is 16.9 Å². The van der Waals surface area contributed by atoms with Crippen molar-refractivity contribution in [2.75, 3.05) is 6.54 Å². The van der Waals surface area contributed by atoms with Gasteiger partial charge < -0.3 is 5.73 Å². The van der Waals surface area contributed by atoms with Crippen LogP contribution >= 0.6 is 12.8 Å². The van der Waals surface area contributed by atoms with Gasteiger partial charge in [-0.25, -0.2) is 4.79 Å². The molecule has 0 aliphatic heterocycles. The Balaban J connectivity index is 2.24. The maximum atomic E-state index is 10.6.